The summed E-state index contributed by atoms with van der Waals surface area (Å²) in [5.74, 6) is -1.26. The van der Waals surface area contributed by atoms with Crippen molar-refractivity contribution in [3.8, 4) is 0 Å². The van der Waals surface area contributed by atoms with Crippen molar-refractivity contribution in [2.24, 2.45) is 0 Å². The van der Waals surface area contributed by atoms with E-state index in [1.807, 2.05) is 30.3 Å². The Balaban J connectivity index is 1.51. The lowest BCUT2D eigenvalue weighted by Crippen LogP contribution is -2.54. The van der Waals surface area contributed by atoms with Gasteiger partial charge in [0, 0.05) is 57.3 Å². The normalized spacial score (nSPS) is 14.4. The molecule has 1 saturated heterocycles. The first-order valence-electron chi connectivity index (χ1n) is 9.03. The smallest absolute Gasteiger partial charge is 0.312 e. The number of aromatic nitrogens is 1. The lowest BCUT2D eigenvalue weighted by Gasteiger charge is -2.34. The van der Waals surface area contributed by atoms with E-state index in [2.05, 4.69) is 10.3 Å². The number of rotatable bonds is 5. The van der Waals surface area contributed by atoms with Gasteiger partial charge < -0.3 is 24.8 Å². The minimum Gasteiger partial charge on any atom is -0.385 e. The van der Waals surface area contributed by atoms with E-state index in [0.29, 0.717) is 51.4 Å². The average Bonchev–Trinajstić information content (AvgIpc) is 3.14. The molecule has 0 saturated carbocycles. The van der Waals surface area contributed by atoms with E-state index < -0.39 is 11.8 Å². The zero-order valence-corrected chi connectivity index (χ0v) is 15.4. The number of carbonyl (C=O) groups excluding carboxylic acids is 3. The molecular weight excluding hydrogens is 348 g/mol. The van der Waals surface area contributed by atoms with Gasteiger partial charge in [-0.05, 0) is 18.6 Å². The fourth-order valence-electron chi connectivity index (χ4n) is 3.11. The number of para-hydroxylation sites is 1. The van der Waals surface area contributed by atoms with Crippen molar-refractivity contribution in [3.05, 3.63) is 36.0 Å². The van der Waals surface area contributed by atoms with E-state index in [1.54, 1.807) is 12.0 Å². The number of hydrogen-bond acceptors (Lipinski definition) is 4. The van der Waals surface area contributed by atoms with Crippen molar-refractivity contribution in [3.63, 3.8) is 0 Å². The van der Waals surface area contributed by atoms with E-state index in [1.165, 1.54) is 4.90 Å². The molecule has 2 N–H and O–H groups in total. The third kappa shape index (κ3) is 4.46. The van der Waals surface area contributed by atoms with Gasteiger partial charge in [-0.2, -0.15) is 0 Å². The Labute approximate surface area is 157 Å². The molecule has 2 heterocycles. The predicted octanol–water partition coefficient (Wildman–Crippen LogP) is 0.605. The Bertz CT molecular complexity index is 791. The van der Waals surface area contributed by atoms with Crippen LogP contribution in [0.4, 0.5) is 0 Å². The van der Waals surface area contributed by atoms with Crippen LogP contribution in [0.3, 0.4) is 0 Å². The summed E-state index contributed by atoms with van der Waals surface area (Å²) in [5.41, 5.74) is 1.45. The standard InChI is InChI=1S/C19H24N4O4/c1-27-12-4-7-20-17(24)19(26)23-10-8-22(9-11-23)18(25)16-13-14-5-2-3-6-15(14)21-16/h2-3,5-6,13,21H,4,7-12H2,1H3,(H,20,24). The first-order chi connectivity index (χ1) is 13.1. The molecule has 1 fully saturated rings. The molecule has 2 aromatic rings. The number of ether oxygens (including phenoxy) is 1. The lowest BCUT2D eigenvalue weighted by atomic mass is 10.2. The second-order valence-electron chi connectivity index (χ2n) is 6.46. The molecule has 144 valence electrons. The van der Waals surface area contributed by atoms with Gasteiger partial charge in [-0.3, -0.25) is 14.4 Å². The molecule has 3 amide bonds. The third-order valence-corrected chi connectivity index (χ3v) is 4.62. The highest BCUT2D eigenvalue weighted by atomic mass is 16.5. The Morgan fingerprint density at radius 3 is 2.52 bits per heavy atom. The number of methoxy groups -OCH3 is 1. The minimum absolute atomic E-state index is 0.0951. The first kappa shape index (κ1) is 18.9. The highest BCUT2D eigenvalue weighted by Gasteiger charge is 2.28. The van der Waals surface area contributed by atoms with Gasteiger partial charge in [0.2, 0.25) is 0 Å². The van der Waals surface area contributed by atoms with Crippen molar-refractivity contribution in [2.75, 3.05) is 46.4 Å². The van der Waals surface area contributed by atoms with Gasteiger partial charge in [-0.25, -0.2) is 0 Å². The topological polar surface area (TPSA) is 94.7 Å². The molecular formula is C19H24N4O4. The fourth-order valence-corrected chi connectivity index (χ4v) is 3.11. The first-order valence-corrected chi connectivity index (χ1v) is 9.03. The van der Waals surface area contributed by atoms with Crippen LogP contribution in [-0.2, 0) is 14.3 Å². The monoisotopic (exact) mass is 372 g/mol. The van der Waals surface area contributed by atoms with Crippen molar-refractivity contribution in [1.82, 2.24) is 20.1 Å². The van der Waals surface area contributed by atoms with Gasteiger partial charge in [0.25, 0.3) is 5.91 Å². The van der Waals surface area contributed by atoms with Crippen molar-refractivity contribution in [2.45, 2.75) is 6.42 Å². The van der Waals surface area contributed by atoms with Crippen LogP contribution < -0.4 is 5.32 Å². The molecule has 0 spiro atoms. The van der Waals surface area contributed by atoms with Gasteiger partial charge in [-0.15, -0.1) is 0 Å². The Kier molecular flexibility index (Phi) is 6.08. The van der Waals surface area contributed by atoms with E-state index in [-0.39, 0.29) is 5.91 Å². The van der Waals surface area contributed by atoms with Crippen molar-refractivity contribution >= 4 is 28.6 Å². The number of benzene rings is 1. The van der Waals surface area contributed by atoms with E-state index in [0.717, 1.165) is 10.9 Å². The minimum atomic E-state index is -0.610. The Morgan fingerprint density at radius 2 is 1.81 bits per heavy atom. The van der Waals surface area contributed by atoms with E-state index >= 15 is 0 Å². The number of nitrogens with one attached hydrogen (secondary N) is 2. The molecule has 1 aliphatic heterocycles. The number of fused-ring (bicyclic) bond motifs is 1. The molecule has 1 aromatic heterocycles. The third-order valence-electron chi connectivity index (χ3n) is 4.62. The number of H-pyrrole nitrogens is 1. The van der Waals surface area contributed by atoms with Gasteiger partial charge in [-0.1, -0.05) is 18.2 Å². The summed E-state index contributed by atoms with van der Waals surface area (Å²) in [5, 5.41) is 3.58. The summed E-state index contributed by atoms with van der Waals surface area (Å²) in [4.78, 5) is 43.1. The van der Waals surface area contributed by atoms with Crippen LogP contribution in [0.1, 0.15) is 16.9 Å². The number of aromatic amines is 1. The van der Waals surface area contributed by atoms with Crippen LogP contribution in [0.5, 0.6) is 0 Å². The summed E-state index contributed by atoms with van der Waals surface area (Å²) >= 11 is 0. The van der Waals surface area contributed by atoms with Crippen LogP contribution in [0.2, 0.25) is 0 Å². The zero-order chi connectivity index (χ0) is 19.2. The summed E-state index contributed by atoms with van der Waals surface area (Å²) in [6, 6.07) is 9.55. The van der Waals surface area contributed by atoms with Crippen LogP contribution >= 0.6 is 0 Å². The van der Waals surface area contributed by atoms with Crippen LogP contribution in [-0.4, -0.2) is 78.9 Å². The molecule has 0 atom stereocenters. The average molecular weight is 372 g/mol. The molecule has 0 bridgehead atoms. The highest BCUT2D eigenvalue weighted by Crippen LogP contribution is 2.16. The Morgan fingerprint density at radius 1 is 1.11 bits per heavy atom. The second kappa shape index (κ2) is 8.68. The number of amides is 3. The number of hydrogen-bond donors (Lipinski definition) is 2. The quantitative estimate of drug-likeness (QED) is 0.594. The summed E-state index contributed by atoms with van der Waals surface area (Å²) in [6.07, 6.45) is 0.655. The molecule has 27 heavy (non-hydrogen) atoms. The summed E-state index contributed by atoms with van der Waals surface area (Å²) in [6.45, 7) is 2.42. The largest absolute Gasteiger partial charge is 0.385 e. The van der Waals surface area contributed by atoms with Crippen molar-refractivity contribution < 1.29 is 19.1 Å². The molecule has 8 heteroatoms. The van der Waals surface area contributed by atoms with E-state index in [4.69, 9.17) is 4.74 Å². The number of nitrogens with zero attached hydrogens (tertiary/aromatic N) is 2. The van der Waals surface area contributed by atoms with Gasteiger partial charge >= 0.3 is 11.8 Å². The Hall–Kier alpha value is -2.87. The van der Waals surface area contributed by atoms with Crippen LogP contribution in [0, 0.1) is 0 Å². The van der Waals surface area contributed by atoms with Gasteiger partial charge in [0.1, 0.15) is 5.69 Å². The molecule has 8 nitrogen and oxygen atoms in total. The molecule has 3 rings (SSSR count). The van der Waals surface area contributed by atoms with Gasteiger partial charge in [0.15, 0.2) is 0 Å². The molecule has 0 radical (unpaired) electrons. The lowest BCUT2D eigenvalue weighted by molar-refractivity contribution is -0.146. The predicted molar refractivity (Wildman–Crippen MR) is 100 cm³/mol. The summed E-state index contributed by atoms with van der Waals surface area (Å²) in [7, 11) is 1.59. The molecule has 1 aliphatic rings. The van der Waals surface area contributed by atoms with Crippen LogP contribution in [0.25, 0.3) is 10.9 Å². The highest BCUT2D eigenvalue weighted by molar-refractivity contribution is 6.35. The van der Waals surface area contributed by atoms with E-state index in [9.17, 15) is 14.4 Å². The number of carbonyl (C=O) groups is 3. The van der Waals surface area contributed by atoms with Gasteiger partial charge in [0.05, 0.1) is 0 Å². The maximum absolute atomic E-state index is 12.7. The maximum atomic E-state index is 12.7. The maximum Gasteiger partial charge on any atom is 0.312 e. The fraction of sp³-hybridized carbons (Fsp3) is 0.421. The number of piperazine rings is 1. The summed E-state index contributed by atoms with van der Waals surface area (Å²) < 4.78 is 4.90. The van der Waals surface area contributed by atoms with Crippen molar-refractivity contribution in [1.29, 1.82) is 0 Å². The molecule has 1 aromatic carbocycles. The zero-order valence-electron chi connectivity index (χ0n) is 15.4. The SMILES string of the molecule is COCCCNC(=O)C(=O)N1CCN(C(=O)c2cc3ccccc3[nH]2)CC1. The van der Waals surface area contributed by atoms with Crippen LogP contribution in [0.15, 0.2) is 30.3 Å². The second-order valence-corrected chi connectivity index (χ2v) is 6.46. The molecule has 0 aliphatic carbocycles. The molecule has 0 unspecified atom stereocenters.